The van der Waals surface area contributed by atoms with Crippen LogP contribution in [0.5, 0.6) is 0 Å². The van der Waals surface area contributed by atoms with Gasteiger partial charge in [0.25, 0.3) is 0 Å². The summed E-state index contributed by atoms with van der Waals surface area (Å²) in [5.74, 6) is 1.23. The Bertz CT molecular complexity index is 314. The van der Waals surface area contributed by atoms with E-state index in [9.17, 15) is 0 Å². The molecule has 3 unspecified atom stereocenters. The number of hydrogen-bond acceptors (Lipinski definition) is 4. The zero-order valence-electron chi connectivity index (χ0n) is 11.2. The molecule has 1 saturated carbocycles. The molecule has 0 amide bonds. The van der Waals surface area contributed by atoms with Crippen LogP contribution < -0.4 is 15.5 Å². The molecule has 1 aliphatic carbocycles. The van der Waals surface area contributed by atoms with Gasteiger partial charge >= 0.3 is 0 Å². The second-order valence-corrected chi connectivity index (χ2v) is 5.74. The van der Waals surface area contributed by atoms with Crippen LogP contribution in [0.4, 0.5) is 0 Å². The van der Waals surface area contributed by atoms with Crippen molar-refractivity contribution in [1.29, 1.82) is 0 Å². The molecule has 3 N–H and O–H groups in total. The van der Waals surface area contributed by atoms with Crippen molar-refractivity contribution in [3.05, 3.63) is 0 Å². The first-order valence-electron chi connectivity index (χ1n) is 7.25. The fraction of sp³-hybridized carbons (Fsp3) is 0.923. The summed E-state index contributed by atoms with van der Waals surface area (Å²) in [5.41, 5.74) is 0. The normalized spacial score (nSPS) is 36.9. The molecule has 5 heteroatoms. The van der Waals surface area contributed by atoms with Crippen molar-refractivity contribution in [3.63, 3.8) is 0 Å². The highest BCUT2D eigenvalue weighted by Gasteiger charge is 2.36. The van der Waals surface area contributed by atoms with E-state index < -0.39 is 0 Å². The quantitative estimate of drug-likeness (QED) is 0.568. The van der Waals surface area contributed by atoms with Crippen LogP contribution in [-0.2, 0) is 4.74 Å². The standard InChI is InChI=1S/C13H24N4O/c1-18-10-2-3-11-12(8-10)16-13(15-11)9-17-6-4-14-5-7-17/h10-12,14H,2-9H2,1H3,(H,15,16)/p+1. The molecule has 0 aromatic heterocycles. The smallest absolute Gasteiger partial charge is 0.153 e. The van der Waals surface area contributed by atoms with Gasteiger partial charge in [0, 0.05) is 20.2 Å². The lowest BCUT2D eigenvalue weighted by molar-refractivity contribution is -0.892. The molecule has 3 rings (SSSR count). The molecule has 102 valence electrons. The Morgan fingerprint density at radius 3 is 2.94 bits per heavy atom. The number of rotatable bonds is 3. The summed E-state index contributed by atoms with van der Waals surface area (Å²) in [4.78, 5) is 6.54. The second-order valence-electron chi connectivity index (χ2n) is 5.74. The van der Waals surface area contributed by atoms with Crippen LogP contribution in [0.15, 0.2) is 4.99 Å². The minimum atomic E-state index is 0.430. The highest BCUT2D eigenvalue weighted by atomic mass is 16.5. The third kappa shape index (κ3) is 2.68. The maximum Gasteiger partial charge on any atom is 0.153 e. The molecule has 2 aliphatic heterocycles. The third-order valence-electron chi connectivity index (χ3n) is 4.50. The van der Waals surface area contributed by atoms with E-state index in [0.29, 0.717) is 18.2 Å². The molecule has 0 aromatic rings. The van der Waals surface area contributed by atoms with Gasteiger partial charge in [-0.25, -0.2) is 0 Å². The van der Waals surface area contributed by atoms with Gasteiger partial charge in [-0.1, -0.05) is 0 Å². The Morgan fingerprint density at radius 2 is 2.17 bits per heavy atom. The zero-order chi connectivity index (χ0) is 12.4. The van der Waals surface area contributed by atoms with E-state index in [4.69, 9.17) is 9.73 Å². The van der Waals surface area contributed by atoms with E-state index in [1.165, 1.54) is 25.3 Å². The predicted molar refractivity (Wildman–Crippen MR) is 71.2 cm³/mol. The molecule has 3 atom stereocenters. The number of ether oxygens (including phenoxy) is 1. The van der Waals surface area contributed by atoms with Gasteiger partial charge in [-0.15, -0.1) is 0 Å². The minimum absolute atomic E-state index is 0.430. The van der Waals surface area contributed by atoms with Gasteiger partial charge in [-0.2, -0.15) is 0 Å². The molecule has 2 heterocycles. The lowest BCUT2D eigenvalue weighted by Gasteiger charge is -2.29. The third-order valence-corrected chi connectivity index (χ3v) is 4.50. The molecular formula is C13H25N4O+. The van der Waals surface area contributed by atoms with E-state index in [-0.39, 0.29) is 0 Å². The second kappa shape index (κ2) is 5.55. The Labute approximate surface area is 109 Å². The first-order valence-corrected chi connectivity index (χ1v) is 7.25. The van der Waals surface area contributed by atoms with E-state index in [0.717, 1.165) is 32.5 Å². The number of nitrogens with one attached hydrogen (secondary N) is 3. The number of quaternary nitrogens is 1. The van der Waals surface area contributed by atoms with Crippen LogP contribution in [0.25, 0.3) is 0 Å². The molecule has 3 aliphatic rings. The first kappa shape index (κ1) is 12.4. The summed E-state index contributed by atoms with van der Waals surface area (Å²) in [5, 5.41) is 7.04. The molecule has 1 saturated heterocycles. The summed E-state index contributed by atoms with van der Waals surface area (Å²) < 4.78 is 5.48. The summed E-state index contributed by atoms with van der Waals surface area (Å²) in [6.45, 7) is 5.79. The molecule has 18 heavy (non-hydrogen) atoms. The monoisotopic (exact) mass is 253 g/mol. The minimum Gasteiger partial charge on any atom is -0.381 e. The zero-order valence-corrected chi connectivity index (χ0v) is 11.2. The van der Waals surface area contributed by atoms with Crippen molar-refractivity contribution in [1.82, 2.24) is 10.6 Å². The summed E-state index contributed by atoms with van der Waals surface area (Å²) in [6, 6.07) is 1.04. The number of piperazine rings is 1. The van der Waals surface area contributed by atoms with Gasteiger partial charge in [0.1, 0.15) is 6.54 Å². The summed E-state index contributed by atoms with van der Waals surface area (Å²) in [6.07, 6.45) is 3.89. The Hall–Kier alpha value is -0.650. The van der Waals surface area contributed by atoms with Gasteiger partial charge in [0.2, 0.25) is 0 Å². The predicted octanol–water partition coefficient (Wildman–Crippen LogP) is -1.59. The Kier molecular flexibility index (Phi) is 3.82. The molecule has 0 radical (unpaired) electrons. The van der Waals surface area contributed by atoms with Gasteiger partial charge < -0.3 is 20.3 Å². The van der Waals surface area contributed by atoms with Crippen molar-refractivity contribution in [2.45, 2.75) is 37.5 Å². The van der Waals surface area contributed by atoms with E-state index in [1.54, 1.807) is 4.90 Å². The lowest BCUT2D eigenvalue weighted by Crippen LogP contribution is -3.15. The average Bonchev–Trinajstić information content (AvgIpc) is 2.80. The summed E-state index contributed by atoms with van der Waals surface area (Å²) in [7, 11) is 1.83. The number of amidine groups is 1. The van der Waals surface area contributed by atoms with Gasteiger partial charge in [-0.05, 0) is 19.3 Å². The number of methoxy groups -OCH3 is 1. The Morgan fingerprint density at radius 1 is 1.33 bits per heavy atom. The molecular weight excluding hydrogens is 228 g/mol. The van der Waals surface area contributed by atoms with Crippen molar-refractivity contribution >= 4 is 5.84 Å². The van der Waals surface area contributed by atoms with E-state index in [1.807, 2.05) is 7.11 Å². The summed E-state index contributed by atoms with van der Waals surface area (Å²) >= 11 is 0. The van der Waals surface area contributed by atoms with Crippen LogP contribution in [0.3, 0.4) is 0 Å². The van der Waals surface area contributed by atoms with Gasteiger partial charge in [0.05, 0.1) is 31.3 Å². The maximum atomic E-state index is 5.48. The van der Waals surface area contributed by atoms with Gasteiger partial charge in [-0.3, -0.25) is 4.99 Å². The lowest BCUT2D eigenvalue weighted by atomic mass is 9.89. The molecule has 0 spiro atoms. The Balaban J connectivity index is 1.53. The molecule has 2 fully saturated rings. The molecule has 0 aromatic carbocycles. The number of hydrogen-bond donors (Lipinski definition) is 3. The first-order chi connectivity index (χ1) is 8.85. The van der Waals surface area contributed by atoms with Crippen LogP contribution in [0.2, 0.25) is 0 Å². The van der Waals surface area contributed by atoms with Crippen molar-refractivity contribution in [3.8, 4) is 0 Å². The highest BCUT2D eigenvalue weighted by Crippen LogP contribution is 2.26. The number of fused-ring (bicyclic) bond motifs is 1. The highest BCUT2D eigenvalue weighted by molar-refractivity contribution is 5.85. The molecule has 0 bridgehead atoms. The molecule has 5 nitrogen and oxygen atoms in total. The largest absolute Gasteiger partial charge is 0.381 e. The van der Waals surface area contributed by atoms with Crippen LogP contribution in [0.1, 0.15) is 19.3 Å². The van der Waals surface area contributed by atoms with Crippen molar-refractivity contribution in [2.24, 2.45) is 4.99 Å². The van der Waals surface area contributed by atoms with Crippen molar-refractivity contribution < 1.29 is 9.64 Å². The van der Waals surface area contributed by atoms with Crippen molar-refractivity contribution in [2.75, 3.05) is 39.8 Å². The number of aliphatic imine (C=N–C) groups is 1. The topological polar surface area (TPSA) is 50.1 Å². The fourth-order valence-corrected chi connectivity index (χ4v) is 3.38. The fourth-order valence-electron chi connectivity index (χ4n) is 3.38. The van der Waals surface area contributed by atoms with Gasteiger partial charge in [0.15, 0.2) is 5.84 Å². The maximum absolute atomic E-state index is 5.48. The SMILES string of the molecule is COC1CCC2N=C(C[NH+]3CCNCC3)NC2C1. The van der Waals surface area contributed by atoms with Crippen LogP contribution in [0, 0.1) is 0 Å². The average molecular weight is 253 g/mol. The number of nitrogens with zero attached hydrogens (tertiary/aromatic N) is 1. The van der Waals surface area contributed by atoms with E-state index >= 15 is 0 Å². The van der Waals surface area contributed by atoms with Crippen LogP contribution >= 0.6 is 0 Å². The van der Waals surface area contributed by atoms with Crippen LogP contribution in [-0.4, -0.2) is 63.9 Å². The van der Waals surface area contributed by atoms with E-state index in [2.05, 4.69) is 10.6 Å².